The van der Waals surface area contributed by atoms with E-state index in [0.29, 0.717) is 12.5 Å². The molecule has 1 aliphatic heterocycles. The maximum absolute atomic E-state index is 12.5. The van der Waals surface area contributed by atoms with E-state index in [4.69, 9.17) is 9.72 Å². The molecule has 1 N–H and O–H groups in total. The maximum atomic E-state index is 12.5. The summed E-state index contributed by atoms with van der Waals surface area (Å²) in [5.74, 6) is 1.22. The average molecular weight is 499 g/mol. The van der Waals surface area contributed by atoms with Crippen LogP contribution in [0.25, 0.3) is 11.0 Å². The molecular formula is C25H31BrN4O2. The second-order valence-electron chi connectivity index (χ2n) is 9.45. The van der Waals surface area contributed by atoms with Crippen molar-refractivity contribution < 1.29 is 9.53 Å². The van der Waals surface area contributed by atoms with Crippen molar-refractivity contribution in [1.82, 2.24) is 14.5 Å². The minimum Gasteiger partial charge on any atom is -0.444 e. The molecule has 0 radical (unpaired) electrons. The highest BCUT2D eigenvalue weighted by molar-refractivity contribution is 9.10. The van der Waals surface area contributed by atoms with Crippen molar-refractivity contribution in [3.8, 4) is 0 Å². The molecule has 32 heavy (non-hydrogen) atoms. The Kier molecular flexibility index (Phi) is 6.74. The molecule has 2 aromatic carbocycles. The largest absolute Gasteiger partial charge is 0.444 e. The normalized spacial score (nSPS) is 16.9. The monoisotopic (exact) mass is 498 g/mol. The topological polar surface area (TPSA) is 59.4 Å². The number of nitrogens with zero attached hydrogens (tertiary/aromatic N) is 3. The number of carbonyl (C=O) groups excluding carboxylic acids is 1. The molecular weight excluding hydrogens is 468 g/mol. The van der Waals surface area contributed by atoms with Crippen LogP contribution < -0.4 is 5.32 Å². The van der Waals surface area contributed by atoms with Crippen LogP contribution in [0.2, 0.25) is 0 Å². The molecule has 1 amide bonds. The van der Waals surface area contributed by atoms with E-state index in [1.165, 1.54) is 5.56 Å². The van der Waals surface area contributed by atoms with Crippen molar-refractivity contribution in [2.45, 2.75) is 45.8 Å². The number of rotatable bonds is 5. The van der Waals surface area contributed by atoms with Crippen LogP contribution in [0.4, 0.5) is 10.7 Å². The highest BCUT2D eigenvalue weighted by atomic mass is 79.9. The van der Waals surface area contributed by atoms with Crippen LogP contribution in [0.3, 0.4) is 0 Å². The van der Waals surface area contributed by atoms with Gasteiger partial charge >= 0.3 is 6.09 Å². The molecule has 0 bridgehead atoms. The molecule has 7 heteroatoms. The van der Waals surface area contributed by atoms with Gasteiger partial charge in [-0.3, -0.25) is 0 Å². The van der Waals surface area contributed by atoms with Gasteiger partial charge in [-0.05, 0) is 69.4 Å². The second kappa shape index (κ2) is 9.53. The predicted molar refractivity (Wildman–Crippen MR) is 132 cm³/mol. The van der Waals surface area contributed by atoms with E-state index in [0.717, 1.165) is 53.9 Å². The van der Waals surface area contributed by atoms with E-state index in [9.17, 15) is 4.79 Å². The van der Waals surface area contributed by atoms with Gasteiger partial charge < -0.3 is 19.5 Å². The Morgan fingerprint density at radius 1 is 1.19 bits per heavy atom. The summed E-state index contributed by atoms with van der Waals surface area (Å²) >= 11 is 3.51. The number of amides is 1. The summed E-state index contributed by atoms with van der Waals surface area (Å²) in [4.78, 5) is 19.2. The summed E-state index contributed by atoms with van der Waals surface area (Å²) in [7, 11) is 0. The number of imidazole rings is 1. The number of ether oxygens (including phenoxy) is 1. The molecule has 1 atom stereocenters. The standard InChI is InChI=1S/C25H31BrN4O2/c1-25(2,3)32-24(31)29-14-6-7-19(16-29)15-27-23-28-21-8-4-5-9-22(21)30(23)17-18-10-12-20(26)13-11-18/h4-5,8-13,19H,6-7,14-17H2,1-3H3,(H,27,28)/t19-/m1/s1. The molecule has 1 saturated heterocycles. The number of fused-ring (bicyclic) bond motifs is 1. The number of likely N-dealkylation sites (tertiary alicyclic amines) is 1. The fraction of sp³-hybridized carbons (Fsp3) is 0.440. The zero-order chi connectivity index (χ0) is 22.7. The lowest BCUT2D eigenvalue weighted by atomic mass is 9.98. The third-order valence-corrected chi connectivity index (χ3v) is 6.16. The lowest BCUT2D eigenvalue weighted by Gasteiger charge is -2.34. The SMILES string of the molecule is CC(C)(C)OC(=O)N1CCC[C@H](CNc2nc3ccccc3n2Cc2ccc(Br)cc2)C1. The van der Waals surface area contributed by atoms with Gasteiger partial charge in [-0.1, -0.05) is 40.2 Å². The van der Waals surface area contributed by atoms with Gasteiger partial charge in [-0.15, -0.1) is 0 Å². The van der Waals surface area contributed by atoms with Crippen LogP contribution in [0.1, 0.15) is 39.2 Å². The number of hydrogen-bond acceptors (Lipinski definition) is 4. The molecule has 2 heterocycles. The first-order valence-electron chi connectivity index (χ1n) is 11.2. The van der Waals surface area contributed by atoms with Gasteiger partial charge in [0.2, 0.25) is 5.95 Å². The molecule has 3 aromatic rings. The third-order valence-electron chi connectivity index (χ3n) is 5.63. The van der Waals surface area contributed by atoms with Crippen LogP contribution >= 0.6 is 15.9 Å². The zero-order valence-corrected chi connectivity index (χ0v) is 20.6. The van der Waals surface area contributed by atoms with E-state index in [2.05, 4.69) is 56.1 Å². The Hall–Kier alpha value is -2.54. The van der Waals surface area contributed by atoms with Gasteiger partial charge in [0, 0.05) is 24.1 Å². The van der Waals surface area contributed by atoms with Crippen LogP contribution in [0.5, 0.6) is 0 Å². The van der Waals surface area contributed by atoms with Gasteiger partial charge in [-0.25, -0.2) is 9.78 Å². The van der Waals surface area contributed by atoms with Gasteiger partial charge in [0.15, 0.2) is 0 Å². The van der Waals surface area contributed by atoms with Crippen LogP contribution in [-0.2, 0) is 11.3 Å². The van der Waals surface area contributed by atoms with Crippen molar-refractivity contribution in [1.29, 1.82) is 0 Å². The van der Waals surface area contributed by atoms with Gasteiger partial charge in [0.1, 0.15) is 5.60 Å². The van der Waals surface area contributed by atoms with Crippen molar-refractivity contribution in [2.24, 2.45) is 5.92 Å². The van der Waals surface area contributed by atoms with Crippen molar-refractivity contribution in [2.75, 3.05) is 25.0 Å². The first-order chi connectivity index (χ1) is 15.3. The van der Waals surface area contributed by atoms with Crippen molar-refractivity contribution >= 4 is 39.0 Å². The lowest BCUT2D eigenvalue weighted by molar-refractivity contribution is 0.0172. The summed E-state index contributed by atoms with van der Waals surface area (Å²) in [6.45, 7) is 8.69. The summed E-state index contributed by atoms with van der Waals surface area (Å²) in [5, 5.41) is 3.58. The van der Waals surface area contributed by atoms with E-state index >= 15 is 0 Å². The van der Waals surface area contributed by atoms with Crippen LogP contribution in [0.15, 0.2) is 53.0 Å². The average Bonchev–Trinajstić information content (AvgIpc) is 3.10. The predicted octanol–water partition coefficient (Wildman–Crippen LogP) is 5.91. The highest BCUT2D eigenvalue weighted by Gasteiger charge is 2.27. The Morgan fingerprint density at radius 3 is 2.69 bits per heavy atom. The number of para-hydroxylation sites is 2. The van der Waals surface area contributed by atoms with Gasteiger partial charge in [-0.2, -0.15) is 0 Å². The Balaban J connectivity index is 1.47. The molecule has 1 aromatic heterocycles. The maximum Gasteiger partial charge on any atom is 0.410 e. The Bertz CT molecular complexity index is 1070. The first-order valence-corrected chi connectivity index (χ1v) is 12.0. The number of piperidine rings is 1. The molecule has 0 saturated carbocycles. The zero-order valence-electron chi connectivity index (χ0n) is 19.0. The van der Waals surface area contributed by atoms with E-state index in [-0.39, 0.29) is 6.09 Å². The van der Waals surface area contributed by atoms with E-state index in [1.807, 2.05) is 43.9 Å². The molecule has 0 spiro atoms. The number of halogens is 1. The van der Waals surface area contributed by atoms with E-state index < -0.39 is 5.60 Å². The fourth-order valence-electron chi connectivity index (χ4n) is 4.10. The number of carbonyl (C=O) groups is 1. The first kappa shape index (κ1) is 22.6. The molecule has 1 aliphatic rings. The minimum atomic E-state index is -0.472. The van der Waals surface area contributed by atoms with E-state index in [1.54, 1.807) is 0 Å². The molecule has 0 unspecified atom stereocenters. The summed E-state index contributed by atoms with van der Waals surface area (Å²) in [6.07, 6.45) is 1.85. The number of nitrogens with one attached hydrogen (secondary N) is 1. The summed E-state index contributed by atoms with van der Waals surface area (Å²) < 4.78 is 8.87. The van der Waals surface area contributed by atoms with Gasteiger partial charge in [0.05, 0.1) is 17.6 Å². The van der Waals surface area contributed by atoms with Crippen LogP contribution in [-0.4, -0.2) is 45.8 Å². The summed E-state index contributed by atoms with van der Waals surface area (Å²) in [6, 6.07) is 16.6. The highest BCUT2D eigenvalue weighted by Crippen LogP contribution is 2.24. The molecule has 6 nitrogen and oxygen atoms in total. The summed E-state index contributed by atoms with van der Waals surface area (Å²) in [5.41, 5.74) is 2.83. The van der Waals surface area contributed by atoms with Crippen molar-refractivity contribution in [3.05, 3.63) is 58.6 Å². The number of hydrogen-bond donors (Lipinski definition) is 1. The quantitative estimate of drug-likeness (QED) is 0.475. The molecule has 1 fully saturated rings. The fourth-order valence-corrected chi connectivity index (χ4v) is 4.37. The minimum absolute atomic E-state index is 0.218. The lowest BCUT2D eigenvalue weighted by Crippen LogP contribution is -2.44. The van der Waals surface area contributed by atoms with Gasteiger partial charge in [0.25, 0.3) is 0 Å². The van der Waals surface area contributed by atoms with Crippen LogP contribution in [0, 0.1) is 5.92 Å². The number of anilines is 1. The molecule has 170 valence electrons. The Labute approximate surface area is 198 Å². The number of benzene rings is 2. The third kappa shape index (κ3) is 5.63. The Morgan fingerprint density at radius 2 is 1.94 bits per heavy atom. The second-order valence-corrected chi connectivity index (χ2v) is 10.4. The molecule has 0 aliphatic carbocycles. The molecule has 4 rings (SSSR count). The van der Waals surface area contributed by atoms with Crippen molar-refractivity contribution in [3.63, 3.8) is 0 Å². The smallest absolute Gasteiger partial charge is 0.410 e. The number of aromatic nitrogens is 2.